The summed E-state index contributed by atoms with van der Waals surface area (Å²) in [5, 5.41) is 8.81. The van der Waals surface area contributed by atoms with Crippen LogP contribution in [0.15, 0.2) is 42.7 Å². The number of carbonyl (C=O) groups is 1. The molecule has 0 radical (unpaired) electrons. The van der Waals surface area contributed by atoms with Gasteiger partial charge in [-0.15, -0.1) is 0 Å². The molecule has 0 atom stereocenters. The molecule has 6 nitrogen and oxygen atoms in total. The molecule has 0 aliphatic carbocycles. The molecular weight excluding hydrogens is 430 g/mol. The summed E-state index contributed by atoms with van der Waals surface area (Å²) in [4.78, 5) is 10.5. The minimum Gasteiger partial charge on any atom is -0.475 e. The number of hydrogen-bond donors (Lipinski definition) is 2. The first-order valence-electron chi connectivity index (χ1n) is 5.52. The summed E-state index contributed by atoms with van der Waals surface area (Å²) in [6.45, 7) is 1.87. The summed E-state index contributed by atoms with van der Waals surface area (Å²) in [7, 11) is -3.96. The van der Waals surface area contributed by atoms with E-state index in [4.69, 9.17) is 9.52 Å². The highest BCUT2D eigenvalue weighted by molar-refractivity contribution is 9.10. The summed E-state index contributed by atoms with van der Waals surface area (Å²) < 4.78 is 32.3. The fraction of sp³-hybridized carbons (Fsp3) is 0.0833. The van der Waals surface area contributed by atoms with Crippen LogP contribution < -0.4 is 4.72 Å². The van der Waals surface area contributed by atoms with E-state index in [-0.39, 0.29) is 9.56 Å². The second kappa shape index (κ2) is 5.82. The molecule has 0 fully saturated rings. The van der Waals surface area contributed by atoms with Gasteiger partial charge in [-0.1, -0.05) is 22.0 Å². The number of carboxylic acids is 1. The summed E-state index contributed by atoms with van der Waals surface area (Å²) in [5.74, 6) is -1.82. The van der Waals surface area contributed by atoms with Gasteiger partial charge in [-0.05, 0) is 40.5 Å². The monoisotopic (exact) mass is 437 g/mol. The maximum atomic E-state index is 12.2. The third-order valence-corrected chi connectivity index (χ3v) is 5.67. The third-order valence-electron chi connectivity index (χ3n) is 2.58. The second-order valence-corrected chi connectivity index (χ2v) is 7.35. The summed E-state index contributed by atoms with van der Waals surface area (Å²) in [5.41, 5.74) is 1.30. The molecule has 9 heteroatoms. The van der Waals surface area contributed by atoms with E-state index in [0.29, 0.717) is 5.69 Å². The van der Waals surface area contributed by atoms with Crippen molar-refractivity contribution in [1.82, 2.24) is 0 Å². The Hall–Kier alpha value is -1.32. The average Bonchev–Trinajstić information content (AvgIpc) is 2.77. The zero-order valence-corrected chi connectivity index (χ0v) is 14.5. The van der Waals surface area contributed by atoms with Crippen molar-refractivity contribution in [3.05, 3.63) is 44.7 Å². The molecule has 0 amide bonds. The number of aryl methyl sites for hydroxylation is 1. The smallest absolute Gasteiger partial charge is 0.371 e. The van der Waals surface area contributed by atoms with Crippen LogP contribution in [0.25, 0.3) is 0 Å². The molecule has 0 aliphatic rings. The lowest BCUT2D eigenvalue weighted by molar-refractivity contribution is 0.0661. The zero-order chi connectivity index (χ0) is 15.8. The molecular formula is C12H9Br2NO5S. The lowest BCUT2D eigenvalue weighted by Crippen LogP contribution is -2.12. The Morgan fingerprint density at radius 2 is 1.95 bits per heavy atom. The first-order valence-corrected chi connectivity index (χ1v) is 8.59. The van der Waals surface area contributed by atoms with E-state index >= 15 is 0 Å². The number of sulfonamides is 1. The number of hydrogen-bond acceptors (Lipinski definition) is 4. The summed E-state index contributed by atoms with van der Waals surface area (Å²) in [6.07, 6.45) is 0. The topological polar surface area (TPSA) is 96.6 Å². The van der Waals surface area contributed by atoms with Gasteiger partial charge in [0.1, 0.15) is 4.90 Å². The molecule has 1 heterocycles. The van der Waals surface area contributed by atoms with E-state index in [1.807, 2.05) is 6.92 Å². The molecule has 1 aromatic carbocycles. The number of rotatable bonds is 4. The maximum Gasteiger partial charge on any atom is 0.371 e. The second-order valence-electron chi connectivity index (χ2n) is 4.12. The van der Waals surface area contributed by atoms with Crippen molar-refractivity contribution in [2.24, 2.45) is 0 Å². The largest absolute Gasteiger partial charge is 0.475 e. The van der Waals surface area contributed by atoms with Crippen molar-refractivity contribution in [2.45, 2.75) is 11.8 Å². The Kier molecular flexibility index (Phi) is 4.45. The molecule has 1 aromatic heterocycles. The number of aromatic carboxylic acids is 1. The van der Waals surface area contributed by atoms with Gasteiger partial charge in [0.15, 0.2) is 4.67 Å². The number of benzene rings is 1. The quantitative estimate of drug-likeness (QED) is 0.759. The first kappa shape index (κ1) is 16.1. The van der Waals surface area contributed by atoms with Gasteiger partial charge in [0.2, 0.25) is 5.76 Å². The van der Waals surface area contributed by atoms with Crippen molar-refractivity contribution < 1.29 is 22.7 Å². The van der Waals surface area contributed by atoms with E-state index in [9.17, 15) is 13.2 Å². The number of anilines is 1. The van der Waals surface area contributed by atoms with Crippen LogP contribution >= 0.6 is 31.9 Å². The predicted molar refractivity (Wildman–Crippen MR) is 83.1 cm³/mol. The fourth-order valence-corrected chi connectivity index (χ4v) is 3.88. The van der Waals surface area contributed by atoms with Gasteiger partial charge in [-0.25, -0.2) is 13.2 Å². The Labute approximate surface area is 137 Å². The molecule has 0 saturated carbocycles. The summed E-state index contributed by atoms with van der Waals surface area (Å²) in [6, 6.07) is 5.90. The highest BCUT2D eigenvalue weighted by Gasteiger charge is 2.25. The van der Waals surface area contributed by atoms with Crippen LogP contribution in [-0.4, -0.2) is 19.5 Å². The van der Waals surface area contributed by atoms with Crippen molar-refractivity contribution >= 4 is 53.5 Å². The highest BCUT2D eigenvalue weighted by atomic mass is 79.9. The molecule has 2 aromatic rings. The molecule has 0 aliphatic heterocycles. The first-order chi connectivity index (χ1) is 9.70. The lowest BCUT2D eigenvalue weighted by Gasteiger charge is -2.08. The lowest BCUT2D eigenvalue weighted by atomic mass is 10.2. The van der Waals surface area contributed by atoms with Crippen LogP contribution in [0.2, 0.25) is 0 Å². The Morgan fingerprint density at radius 3 is 2.48 bits per heavy atom. The van der Waals surface area contributed by atoms with E-state index in [0.717, 1.165) is 16.1 Å². The van der Waals surface area contributed by atoms with Crippen LogP contribution in [0, 0.1) is 6.92 Å². The van der Waals surface area contributed by atoms with Crippen LogP contribution in [-0.2, 0) is 10.0 Å². The van der Waals surface area contributed by atoms with E-state index in [1.54, 1.807) is 18.2 Å². The number of furan rings is 1. The molecule has 0 saturated heterocycles. The predicted octanol–water partition coefficient (Wildman–Crippen LogP) is 3.61. The molecule has 21 heavy (non-hydrogen) atoms. The minimum absolute atomic E-state index is 0.168. The van der Waals surface area contributed by atoms with Crippen LogP contribution in [0.5, 0.6) is 0 Å². The van der Waals surface area contributed by atoms with Gasteiger partial charge < -0.3 is 9.52 Å². The Bertz CT molecular complexity index is 813. The number of nitrogens with one attached hydrogen (secondary N) is 1. The highest BCUT2D eigenvalue weighted by Crippen LogP contribution is 2.29. The standard InChI is InChI=1S/C12H9Br2NO5S/c1-6-2-3-7(4-8(6)13)15-21(18,19)10-5-9(12(16)17)20-11(10)14/h2-5,15H,1H3,(H,16,17). The van der Waals surface area contributed by atoms with E-state index in [1.165, 1.54) is 0 Å². The van der Waals surface area contributed by atoms with Crippen LogP contribution in [0.3, 0.4) is 0 Å². The van der Waals surface area contributed by atoms with Gasteiger partial charge in [-0.3, -0.25) is 4.72 Å². The van der Waals surface area contributed by atoms with Crippen LogP contribution in [0.4, 0.5) is 5.69 Å². The average molecular weight is 439 g/mol. The zero-order valence-electron chi connectivity index (χ0n) is 10.6. The number of carboxylic acid groups (broad SMARTS) is 1. The van der Waals surface area contributed by atoms with Gasteiger partial charge in [0.05, 0.1) is 0 Å². The van der Waals surface area contributed by atoms with E-state index in [2.05, 4.69) is 36.6 Å². The minimum atomic E-state index is -3.96. The molecule has 2 rings (SSSR count). The van der Waals surface area contributed by atoms with Crippen molar-refractivity contribution in [3.8, 4) is 0 Å². The van der Waals surface area contributed by atoms with Crippen molar-refractivity contribution in [1.29, 1.82) is 0 Å². The van der Waals surface area contributed by atoms with Crippen molar-refractivity contribution in [3.63, 3.8) is 0 Å². The maximum absolute atomic E-state index is 12.2. The Balaban J connectivity index is 2.38. The van der Waals surface area contributed by atoms with Gasteiger partial charge in [0.25, 0.3) is 10.0 Å². The molecule has 112 valence electrons. The SMILES string of the molecule is Cc1ccc(NS(=O)(=O)c2cc(C(=O)O)oc2Br)cc1Br. The van der Waals surface area contributed by atoms with Crippen molar-refractivity contribution in [2.75, 3.05) is 4.72 Å². The Morgan fingerprint density at radius 1 is 1.29 bits per heavy atom. The normalized spacial score (nSPS) is 11.4. The van der Waals surface area contributed by atoms with Gasteiger partial charge in [-0.2, -0.15) is 0 Å². The molecule has 0 bridgehead atoms. The molecule has 0 unspecified atom stereocenters. The third kappa shape index (κ3) is 3.47. The fourth-order valence-electron chi connectivity index (χ4n) is 1.51. The number of halogens is 2. The van der Waals surface area contributed by atoms with E-state index < -0.39 is 21.8 Å². The molecule has 2 N–H and O–H groups in total. The molecule has 0 spiro atoms. The van der Waals surface area contributed by atoms with Gasteiger partial charge >= 0.3 is 5.97 Å². The summed E-state index contributed by atoms with van der Waals surface area (Å²) >= 11 is 6.21. The van der Waals surface area contributed by atoms with Gasteiger partial charge in [0, 0.05) is 16.2 Å². The van der Waals surface area contributed by atoms with Crippen LogP contribution in [0.1, 0.15) is 16.1 Å².